The first-order valence-electron chi connectivity index (χ1n) is 15.3. The van der Waals surface area contributed by atoms with E-state index in [-0.39, 0.29) is 18.3 Å². The van der Waals surface area contributed by atoms with Gasteiger partial charge in [-0.15, -0.1) is 0 Å². The summed E-state index contributed by atoms with van der Waals surface area (Å²) in [7, 11) is 2.51. The molecular formula is C34H46BN3O8. The predicted molar refractivity (Wildman–Crippen MR) is 179 cm³/mol. The van der Waals surface area contributed by atoms with Gasteiger partial charge in [0.1, 0.15) is 18.3 Å². The van der Waals surface area contributed by atoms with Crippen molar-refractivity contribution in [1.82, 2.24) is 10.6 Å². The molecule has 0 heterocycles. The minimum Gasteiger partial charge on any atom is -0.493 e. The normalized spacial score (nSPS) is 13.0. The number of carbonyl (C=O) groups excluding carboxylic acids is 2. The van der Waals surface area contributed by atoms with Gasteiger partial charge in [0.2, 0.25) is 17.6 Å². The third-order valence-electron chi connectivity index (χ3n) is 7.31. The summed E-state index contributed by atoms with van der Waals surface area (Å²) < 4.78 is 21.6. The molecule has 0 bridgehead atoms. The first kappa shape index (κ1) is 36.2. The number of anilines is 1. The van der Waals surface area contributed by atoms with E-state index in [1.165, 1.54) is 21.3 Å². The molecule has 0 saturated carbocycles. The zero-order chi connectivity index (χ0) is 33.8. The second-order valence-electron chi connectivity index (χ2n) is 11.7. The molecule has 0 aliphatic rings. The monoisotopic (exact) mass is 635 g/mol. The fourth-order valence-corrected chi connectivity index (χ4v) is 5.08. The van der Waals surface area contributed by atoms with Crippen LogP contribution in [-0.2, 0) is 20.7 Å². The lowest BCUT2D eigenvalue weighted by Crippen LogP contribution is -2.56. The Morgan fingerprint density at radius 2 is 1.41 bits per heavy atom. The van der Waals surface area contributed by atoms with E-state index < -0.39 is 37.4 Å². The standard InChI is InChI=1S/C34H46BN3O8/c1-21(2)16-30(46-35(41)42)37-34(40)31(22(3)4)38-33(39)27(17-23-18-28(43-5)32(45-7)29(19-23)44-6)36-26-15-11-14-25(20-26)24-12-9-8-10-13-24/h8-15,18-22,27,30-31,36,41-42H,16-17H2,1-7H3,(H,37,40)(H,38,39)/t27-,30?,31-/m0/s1. The first-order valence-corrected chi connectivity index (χ1v) is 15.3. The van der Waals surface area contributed by atoms with Crippen molar-refractivity contribution < 1.29 is 38.5 Å². The van der Waals surface area contributed by atoms with Gasteiger partial charge in [0.05, 0.1) is 21.3 Å². The van der Waals surface area contributed by atoms with Gasteiger partial charge in [-0.25, -0.2) is 0 Å². The Labute approximate surface area is 271 Å². The summed E-state index contributed by atoms with van der Waals surface area (Å²) in [4.78, 5) is 27.5. The summed E-state index contributed by atoms with van der Waals surface area (Å²) >= 11 is 0. The second kappa shape index (κ2) is 17.4. The minimum absolute atomic E-state index is 0.0925. The molecule has 12 heteroatoms. The van der Waals surface area contributed by atoms with Crippen LogP contribution in [0, 0.1) is 11.8 Å². The molecule has 0 radical (unpaired) electrons. The zero-order valence-corrected chi connectivity index (χ0v) is 27.6. The summed E-state index contributed by atoms with van der Waals surface area (Å²) in [6.45, 7) is 7.46. The van der Waals surface area contributed by atoms with E-state index in [0.29, 0.717) is 29.4 Å². The maximum atomic E-state index is 14.0. The molecule has 0 aromatic heterocycles. The summed E-state index contributed by atoms with van der Waals surface area (Å²) in [6.07, 6.45) is -0.412. The molecule has 248 valence electrons. The molecular weight excluding hydrogens is 589 g/mol. The molecule has 3 atom stereocenters. The molecule has 46 heavy (non-hydrogen) atoms. The molecule has 0 fully saturated rings. The highest BCUT2D eigenvalue weighted by atomic mass is 16.6. The number of carbonyl (C=O) groups is 2. The third-order valence-corrected chi connectivity index (χ3v) is 7.31. The van der Waals surface area contributed by atoms with Gasteiger partial charge in [-0.1, -0.05) is 70.2 Å². The number of hydrogen-bond donors (Lipinski definition) is 5. The van der Waals surface area contributed by atoms with E-state index in [2.05, 4.69) is 16.0 Å². The van der Waals surface area contributed by atoms with Gasteiger partial charge in [0.25, 0.3) is 0 Å². The van der Waals surface area contributed by atoms with Gasteiger partial charge < -0.3 is 44.9 Å². The highest BCUT2D eigenvalue weighted by Gasteiger charge is 2.31. The van der Waals surface area contributed by atoms with E-state index >= 15 is 0 Å². The number of ether oxygens (including phenoxy) is 3. The first-order chi connectivity index (χ1) is 21.9. The Morgan fingerprint density at radius 1 is 0.783 bits per heavy atom. The fraction of sp³-hybridized carbons (Fsp3) is 0.412. The lowest BCUT2D eigenvalue weighted by atomic mass is 9.99. The third kappa shape index (κ3) is 10.4. The van der Waals surface area contributed by atoms with Gasteiger partial charge in [-0.3, -0.25) is 9.59 Å². The van der Waals surface area contributed by atoms with Crippen LogP contribution in [0.4, 0.5) is 5.69 Å². The Hall–Kier alpha value is -4.26. The van der Waals surface area contributed by atoms with Crippen LogP contribution < -0.4 is 30.2 Å². The van der Waals surface area contributed by atoms with E-state index in [1.807, 2.05) is 82.3 Å². The Bertz CT molecular complexity index is 1390. The number of methoxy groups -OCH3 is 3. The van der Waals surface area contributed by atoms with Gasteiger partial charge in [-0.05, 0) is 59.2 Å². The maximum absolute atomic E-state index is 14.0. The Balaban J connectivity index is 1.95. The van der Waals surface area contributed by atoms with Crippen LogP contribution in [0.1, 0.15) is 39.7 Å². The van der Waals surface area contributed by atoms with Gasteiger partial charge in [0, 0.05) is 12.1 Å². The Kier molecular flexibility index (Phi) is 13.7. The smallest absolute Gasteiger partial charge is 0.493 e. The van der Waals surface area contributed by atoms with Crippen molar-refractivity contribution in [2.45, 2.75) is 58.8 Å². The molecule has 0 saturated heterocycles. The summed E-state index contributed by atoms with van der Waals surface area (Å²) in [5.41, 5.74) is 3.44. The molecule has 11 nitrogen and oxygen atoms in total. The SMILES string of the molecule is COc1cc(C[C@H](Nc2cccc(-c3ccccc3)c2)C(=O)N[C@H](C(=O)NC(CC(C)C)OB(O)O)C(C)C)cc(OC)c1OC. The average Bonchev–Trinajstić information content (AvgIpc) is 3.02. The summed E-state index contributed by atoms with van der Waals surface area (Å²) in [5.74, 6) is 0.192. The van der Waals surface area contributed by atoms with Crippen LogP contribution in [0.15, 0.2) is 66.7 Å². The largest absolute Gasteiger partial charge is 0.635 e. The van der Waals surface area contributed by atoms with Crippen molar-refractivity contribution in [1.29, 1.82) is 0 Å². The van der Waals surface area contributed by atoms with E-state index in [0.717, 1.165) is 16.7 Å². The van der Waals surface area contributed by atoms with Crippen LogP contribution >= 0.6 is 0 Å². The number of hydrogen-bond acceptors (Lipinski definition) is 9. The molecule has 0 spiro atoms. The van der Waals surface area contributed by atoms with Crippen LogP contribution in [-0.4, -0.2) is 68.8 Å². The molecule has 3 aromatic rings. The molecule has 1 unspecified atom stereocenters. The number of benzene rings is 3. The quantitative estimate of drug-likeness (QED) is 0.110. The lowest BCUT2D eigenvalue weighted by Gasteiger charge is -2.28. The van der Waals surface area contributed by atoms with Gasteiger partial charge in [-0.2, -0.15) is 0 Å². The van der Waals surface area contributed by atoms with Crippen molar-refractivity contribution in [3.8, 4) is 28.4 Å². The highest BCUT2D eigenvalue weighted by molar-refractivity contribution is 6.32. The van der Waals surface area contributed by atoms with Gasteiger partial charge >= 0.3 is 7.32 Å². The van der Waals surface area contributed by atoms with E-state index in [9.17, 15) is 19.6 Å². The van der Waals surface area contributed by atoms with Crippen molar-refractivity contribution in [2.24, 2.45) is 11.8 Å². The van der Waals surface area contributed by atoms with Crippen molar-refractivity contribution >= 4 is 24.8 Å². The summed E-state index contributed by atoms with van der Waals surface area (Å²) in [5, 5.41) is 27.7. The maximum Gasteiger partial charge on any atom is 0.635 e. The van der Waals surface area contributed by atoms with E-state index in [4.69, 9.17) is 18.9 Å². The fourth-order valence-electron chi connectivity index (χ4n) is 5.08. The highest BCUT2D eigenvalue weighted by Crippen LogP contribution is 2.38. The van der Waals surface area contributed by atoms with E-state index in [1.54, 1.807) is 12.1 Å². The van der Waals surface area contributed by atoms with Crippen LogP contribution in [0.2, 0.25) is 0 Å². The molecule has 3 aromatic carbocycles. The zero-order valence-electron chi connectivity index (χ0n) is 27.6. The van der Waals surface area contributed by atoms with Crippen LogP contribution in [0.25, 0.3) is 11.1 Å². The molecule has 5 N–H and O–H groups in total. The molecule has 0 aliphatic carbocycles. The topological polar surface area (TPSA) is 148 Å². The van der Waals surface area contributed by atoms with Crippen molar-refractivity contribution in [2.75, 3.05) is 26.6 Å². The molecule has 3 rings (SSSR count). The average molecular weight is 636 g/mol. The minimum atomic E-state index is -2.06. The lowest BCUT2D eigenvalue weighted by molar-refractivity contribution is -0.132. The predicted octanol–water partition coefficient (Wildman–Crippen LogP) is 4.02. The van der Waals surface area contributed by atoms with Crippen LogP contribution in [0.3, 0.4) is 0 Å². The number of rotatable bonds is 17. The number of nitrogens with one attached hydrogen (secondary N) is 3. The summed E-state index contributed by atoms with van der Waals surface area (Å²) in [6, 6.07) is 19.4. The van der Waals surface area contributed by atoms with Crippen molar-refractivity contribution in [3.05, 3.63) is 72.3 Å². The van der Waals surface area contributed by atoms with Crippen molar-refractivity contribution in [3.63, 3.8) is 0 Å². The van der Waals surface area contributed by atoms with Crippen LogP contribution in [0.5, 0.6) is 17.2 Å². The second-order valence-corrected chi connectivity index (χ2v) is 11.7. The Morgan fingerprint density at radius 3 is 1.96 bits per heavy atom. The molecule has 2 amide bonds. The number of amides is 2. The van der Waals surface area contributed by atoms with Gasteiger partial charge in [0.15, 0.2) is 11.5 Å². The molecule has 0 aliphatic heterocycles.